The van der Waals surface area contributed by atoms with Gasteiger partial charge in [0.2, 0.25) is 0 Å². The number of nitrogens with zero attached hydrogens (tertiary/aromatic N) is 4. The summed E-state index contributed by atoms with van der Waals surface area (Å²) in [5.74, 6) is 0. The SMILES string of the molecule is Cc1cc2nn(-c3ccc(N(C)C)cc3)nc2cc1N. The van der Waals surface area contributed by atoms with Gasteiger partial charge in [-0.3, -0.25) is 0 Å². The molecule has 0 radical (unpaired) electrons. The molecule has 0 saturated carbocycles. The molecule has 0 aliphatic rings. The van der Waals surface area contributed by atoms with Crippen LogP contribution in [-0.2, 0) is 0 Å². The van der Waals surface area contributed by atoms with Gasteiger partial charge in [-0.2, -0.15) is 4.80 Å². The summed E-state index contributed by atoms with van der Waals surface area (Å²) < 4.78 is 0. The van der Waals surface area contributed by atoms with Crippen molar-refractivity contribution in [2.75, 3.05) is 24.7 Å². The van der Waals surface area contributed by atoms with Gasteiger partial charge in [0.15, 0.2) is 0 Å². The number of aromatic nitrogens is 3. The summed E-state index contributed by atoms with van der Waals surface area (Å²) in [6, 6.07) is 11.9. The lowest BCUT2D eigenvalue weighted by Crippen LogP contribution is -2.08. The molecule has 3 rings (SSSR count). The summed E-state index contributed by atoms with van der Waals surface area (Å²) in [6.45, 7) is 1.97. The first-order valence-electron chi connectivity index (χ1n) is 6.45. The Balaban J connectivity index is 2.05. The first-order valence-corrected chi connectivity index (χ1v) is 6.45. The highest BCUT2D eigenvalue weighted by molar-refractivity contribution is 5.79. The fourth-order valence-corrected chi connectivity index (χ4v) is 2.08. The topological polar surface area (TPSA) is 60.0 Å². The number of nitrogen functional groups attached to an aromatic ring is 1. The molecule has 102 valence electrons. The molecule has 0 aliphatic carbocycles. The van der Waals surface area contributed by atoms with E-state index in [0.717, 1.165) is 33.7 Å². The standard InChI is InChI=1S/C15H17N5/c1-10-8-14-15(9-13(10)16)18-20(17-14)12-6-4-11(5-7-12)19(2)3/h4-9H,16H2,1-3H3. The average Bonchev–Trinajstić information content (AvgIpc) is 2.82. The van der Waals surface area contributed by atoms with Crippen LogP contribution in [-0.4, -0.2) is 29.1 Å². The van der Waals surface area contributed by atoms with Crippen LogP contribution in [0.1, 0.15) is 5.56 Å². The number of aryl methyl sites for hydroxylation is 1. The molecule has 0 atom stereocenters. The maximum absolute atomic E-state index is 5.90. The predicted molar refractivity (Wildman–Crippen MR) is 82.3 cm³/mol. The summed E-state index contributed by atoms with van der Waals surface area (Å²) in [7, 11) is 4.03. The zero-order valence-electron chi connectivity index (χ0n) is 11.8. The van der Waals surface area contributed by atoms with Crippen LogP contribution in [0.5, 0.6) is 0 Å². The molecule has 5 heteroatoms. The van der Waals surface area contributed by atoms with Gasteiger partial charge in [0, 0.05) is 25.5 Å². The predicted octanol–water partition coefficient (Wildman–Crippen LogP) is 2.38. The molecular formula is C15H17N5. The van der Waals surface area contributed by atoms with Crippen LogP contribution in [0.3, 0.4) is 0 Å². The zero-order chi connectivity index (χ0) is 14.3. The Kier molecular flexibility index (Phi) is 2.82. The normalized spacial score (nSPS) is 10.9. The first kappa shape index (κ1) is 12.5. The van der Waals surface area contributed by atoms with Crippen LogP contribution in [0.15, 0.2) is 36.4 Å². The van der Waals surface area contributed by atoms with E-state index in [2.05, 4.69) is 15.1 Å². The van der Waals surface area contributed by atoms with Gasteiger partial charge in [0.1, 0.15) is 11.0 Å². The third-order valence-corrected chi connectivity index (χ3v) is 3.37. The average molecular weight is 267 g/mol. The number of nitrogens with two attached hydrogens (primary N) is 1. The lowest BCUT2D eigenvalue weighted by Gasteiger charge is -2.12. The van der Waals surface area contributed by atoms with Crippen molar-refractivity contribution in [3.8, 4) is 5.69 Å². The number of hydrogen-bond acceptors (Lipinski definition) is 4. The monoisotopic (exact) mass is 267 g/mol. The van der Waals surface area contributed by atoms with Gasteiger partial charge in [0.25, 0.3) is 0 Å². The van der Waals surface area contributed by atoms with Crippen molar-refractivity contribution >= 4 is 22.4 Å². The van der Waals surface area contributed by atoms with E-state index in [1.807, 2.05) is 57.4 Å². The summed E-state index contributed by atoms with van der Waals surface area (Å²) in [5, 5.41) is 8.97. The van der Waals surface area contributed by atoms with Crippen LogP contribution < -0.4 is 10.6 Å². The van der Waals surface area contributed by atoms with E-state index >= 15 is 0 Å². The van der Waals surface area contributed by atoms with E-state index in [-0.39, 0.29) is 0 Å². The highest BCUT2D eigenvalue weighted by Gasteiger charge is 2.07. The maximum Gasteiger partial charge on any atom is 0.115 e. The molecule has 2 aromatic carbocycles. The Morgan fingerprint density at radius 2 is 1.60 bits per heavy atom. The van der Waals surface area contributed by atoms with E-state index in [9.17, 15) is 0 Å². The van der Waals surface area contributed by atoms with Gasteiger partial charge in [-0.25, -0.2) is 0 Å². The summed E-state index contributed by atoms with van der Waals surface area (Å²) in [5.41, 5.74) is 11.4. The molecule has 20 heavy (non-hydrogen) atoms. The number of hydrogen-bond donors (Lipinski definition) is 1. The van der Waals surface area contributed by atoms with Gasteiger partial charge in [0.05, 0.1) is 5.69 Å². The third-order valence-electron chi connectivity index (χ3n) is 3.37. The Hall–Kier alpha value is -2.56. The van der Waals surface area contributed by atoms with E-state index < -0.39 is 0 Å². The maximum atomic E-state index is 5.90. The van der Waals surface area contributed by atoms with Crippen molar-refractivity contribution in [3.63, 3.8) is 0 Å². The lowest BCUT2D eigenvalue weighted by atomic mass is 10.2. The smallest absolute Gasteiger partial charge is 0.115 e. The first-order chi connectivity index (χ1) is 9.54. The second-order valence-electron chi connectivity index (χ2n) is 5.10. The minimum atomic E-state index is 0.743. The van der Waals surface area contributed by atoms with Crippen molar-refractivity contribution in [3.05, 3.63) is 42.0 Å². The molecule has 0 bridgehead atoms. The summed E-state index contributed by atoms with van der Waals surface area (Å²) >= 11 is 0. The van der Waals surface area contributed by atoms with Crippen molar-refractivity contribution in [1.29, 1.82) is 0 Å². The molecule has 1 heterocycles. The largest absolute Gasteiger partial charge is 0.398 e. The van der Waals surface area contributed by atoms with E-state index in [1.165, 1.54) is 0 Å². The number of benzene rings is 2. The molecule has 0 unspecified atom stereocenters. The molecule has 0 amide bonds. The fraction of sp³-hybridized carbons (Fsp3) is 0.200. The second-order valence-corrected chi connectivity index (χ2v) is 5.10. The lowest BCUT2D eigenvalue weighted by molar-refractivity contribution is 0.765. The van der Waals surface area contributed by atoms with Crippen LogP contribution >= 0.6 is 0 Å². The van der Waals surface area contributed by atoms with Gasteiger partial charge < -0.3 is 10.6 Å². The third kappa shape index (κ3) is 2.07. The molecule has 5 nitrogen and oxygen atoms in total. The Bertz CT molecular complexity index is 717. The molecule has 2 N–H and O–H groups in total. The quantitative estimate of drug-likeness (QED) is 0.724. The van der Waals surface area contributed by atoms with Crippen molar-refractivity contribution in [2.24, 2.45) is 0 Å². The van der Waals surface area contributed by atoms with Gasteiger partial charge in [-0.05, 0) is 48.9 Å². The van der Waals surface area contributed by atoms with Gasteiger partial charge >= 0.3 is 0 Å². The van der Waals surface area contributed by atoms with E-state index in [0.29, 0.717) is 0 Å². The minimum absolute atomic E-state index is 0.743. The molecular weight excluding hydrogens is 250 g/mol. The Labute approximate surface area is 117 Å². The van der Waals surface area contributed by atoms with Crippen LogP contribution in [0.2, 0.25) is 0 Å². The van der Waals surface area contributed by atoms with Crippen molar-refractivity contribution in [2.45, 2.75) is 6.92 Å². The van der Waals surface area contributed by atoms with Crippen LogP contribution in [0.4, 0.5) is 11.4 Å². The van der Waals surface area contributed by atoms with E-state index in [4.69, 9.17) is 5.73 Å². The fourth-order valence-electron chi connectivity index (χ4n) is 2.08. The number of rotatable bonds is 2. The summed E-state index contributed by atoms with van der Waals surface area (Å²) in [4.78, 5) is 3.70. The highest BCUT2D eigenvalue weighted by Crippen LogP contribution is 2.20. The Morgan fingerprint density at radius 3 is 2.20 bits per heavy atom. The minimum Gasteiger partial charge on any atom is -0.398 e. The molecule has 0 spiro atoms. The number of anilines is 2. The molecule has 0 saturated heterocycles. The summed E-state index contributed by atoms with van der Waals surface area (Å²) in [6.07, 6.45) is 0. The van der Waals surface area contributed by atoms with Crippen molar-refractivity contribution < 1.29 is 0 Å². The number of fused-ring (bicyclic) bond motifs is 1. The highest BCUT2D eigenvalue weighted by atomic mass is 15.5. The Morgan fingerprint density at radius 1 is 1.00 bits per heavy atom. The van der Waals surface area contributed by atoms with Crippen molar-refractivity contribution in [1.82, 2.24) is 15.0 Å². The second kappa shape index (κ2) is 4.52. The van der Waals surface area contributed by atoms with Gasteiger partial charge in [-0.15, -0.1) is 10.2 Å². The molecule has 0 fully saturated rings. The van der Waals surface area contributed by atoms with Gasteiger partial charge in [-0.1, -0.05) is 0 Å². The molecule has 0 aliphatic heterocycles. The molecule has 1 aromatic heterocycles. The molecule has 3 aromatic rings. The van der Waals surface area contributed by atoms with E-state index in [1.54, 1.807) is 4.80 Å². The zero-order valence-corrected chi connectivity index (χ0v) is 11.8. The van der Waals surface area contributed by atoms with Crippen LogP contribution in [0.25, 0.3) is 16.7 Å². The van der Waals surface area contributed by atoms with Crippen LogP contribution in [0, 0.1) is 6.92 Å².